The number of pyridine rings is 1. The first-order valence-corrected chi connectivity index (χ1v) is 9.61. The van der Waals surface area contributed by atoms with Gasteiger partial charge >= 0.3 is 12.1 Å². The lowest BCUT2D eigenvalue weighted by atomic mass is 10.1. The second-order valence-electron chi connectivity index (χ2n) is 6.25. The van der Waals surface area contributed by atoms with E-state index in [1.54, 1.807) is 53.0 Å². The molecule has 0 bridgehead atoms. The number of hydrogen-bond donors (Lipinski definition) is 3. The molecule has 31 heavy (non-hydrogen) atoms. The summed E-state index contributed by atoms with van der Waals surface area (Å²) in [7, 11) is 0. The summed E-state index contributed by atoms with van der Waals surface area (Å²) >= 11 is 1.55. The molecule has 0 saturated carbocycles. The Labute approximate surface area is 177 Å². The van der Waals surface area contributed by atoms with Crippen LogP contribution in [0.2, 0.25) is 0 Å². The Morgan fingerprint density at radius 1 is 1.29 bits per heavy atom. The fraction of sp³-hybridized carbons (Fsp3) is 0.294. The maximum atomic E-state index is 12.2. The number of nitrogens with zero attached hydrogens (tertiary/aromatic N) is 5. The third-order valence-corrected chi connectivity index (χ3v) is 5.12. The molecular formula is C17H16F3N7O3S. The third-order valence-electron chi connectivity index (χ3n) is 4.03. The minimum absolute atomic E-state index is 0.179. The minimum Gasteiger partial charge on any atom is -0.475 e. The first-order chi connectivity index (χ1) is 14.7. The third kappa shape index (κ3) is 6.05. The summed E-state index contributed by atoms with van der Waals surface area (Å²) in [5.74, 6) is -1.76. The van der Waals surface area contributed by atoms with Gasteiger partial charge in [-0.15, -0.1) is 10.2 Å². The van der Waals surface area contributed by atoms with Gasteiger partial charge in [0.1, 0.15) is 22.2 Å². The highest BCUT2D eigenvalue weighted by molar-refractivity contribution is 7.11. The quantitative estimate of drug-likeness (QED) is 0.525. The largest absolute Gasteiger partial charge is 0.490 e. The van der Waals surface area contributed by atoms with Crippen LogP contribution in [0, 0.1) is 0 Å². The van der Waals surface area contributed by atoms with Crippen molar-refractivity contribution in [1.29, 1.82) is 0 Å². The fourth-order valence-corrected chi connectivity index (χ4v) is 3.17. The van der Waals surface area contributed by atoms with Gasteiger partial charge in [-0.3, -0.25) is 9.36 Å². The van der Waals surface area contributed by atoms with Crippen molar-refractivity contribution < 1.29 is 27.9 Å². The number of carboxylic acids is 1. The van der Waals surface area contributed by atoms with Gasteiger partial charge in [0.2, 0.25) is 0 Å². The van der Waals surface area contributed by atoms with Crippen molar-refractivity contribution >= 4 is 23.2 Å². The van der Waals surface area contributed by atoms with E-state index in [2.05, 4.69) is 30.8 Å². The zero-order valence-electron chi connectivity index (χ0n) is 15.7. The first kappa shape index (κ1) is 22.3. The van der Waals surface area contributed by atoms with Crippen molar-refractivity contribution in [3.63, 3.8) is 0 Å². The van der Waals surface area contributed by atoms with Gasteiger partial charge in [-0.1, -0.05) is 11.3 Å². The summed E-state index contributed by atoms with van der Waals surface area (Å²) in [5.41, 5.74) is 0.506. The standard InChI is InChI=1S/C15H15N7OS.C2HF3O2/c23-14(10-1-2-12(18-7-10)22-4-3-16-9-22)19-8-13-20-21-15(24-13)11-5-17-6-11;3-2(4,5)1(6)7/h1-4,7,9,11,17H,5-6,8H2,(H,19,23);(H,6,7). The molecule has 10 nitrogen and oxygen atoms in total. The number of nitrogens with one attached hydrogen (secondary N) is 2. The van der Waals surface area contributed by atoms with E-state index in [1.807, 2.05) is 0 Å². The molecule has 1 saturated heterocycles. The number of carbonyl (C=O) groups is 2. The Balaban J connectivity index is 0.000000339. The number of imidazole rings is 1. The smallest absolute Gasteiger partial charge is 0.475 e. The molecule has 164 valence electrons. The van der Waals surface area contributed by atoms with Crippen LogP contribution in [0.1, 0.15) is 26.3 Å². The van der Waals surface area contributed by atoms with Gasteiger partial charge in [-0.25, -0.2) is 14.8 Å². The van der Waals surface area contributed by atoms with Crippen molar-refractivity contribution in [3.8, 4) is 5.82 Å². The summed E-state index contributed by atoms with van der Waals surface area (Å²) in [6.45, 7) is 2.28. The van der Waals surface area contributed by atoms with Crippen molar-refractivity contribution in [2.75, 3.05) is 13.1 Å². The van der Waals surface area contributed by atoms with Crippen LogP contribution in [0.5, 0.6) is 0 Å². The highest BCUT2D eigenvalue weighted by Crippen LogP contribution is 2.23. The van der Waals surface area contributed by atoms with Gasteiger partial charge in [-0.2, -0.15) is 13.2 Å². The number of aromatic nitrogens is 5. The molecule has 0 atom stereocenters. The highest BCUT2D eigenvalue weighted by atomic mass is 32.1. The molecular weight excluding hydrogens is 439 g/mol. The van der Waals surface area contributed by atoms with Crippen LogP contribution in [-0.2, 0) is 11.3 Å². The number of alkyl halides is 3. The predicted octanol–water partition coefficient (Wildman–Crippen LogP) is 1.37. The topological polar surface area (TPSA) is 135 Å². The minimum atomic E-state index is -5.08. The average molecular weight is 455 g/mol. The van der Waals surface area contributed by atoms with Crippen molar-refractivity contribution in [3.05, 3.63) is 52.6 Å². The van der Waals surface area contributed by atoms with Crippen LogP contribution in [0.4, 0.5) is 13.2 Å². The Morgan fingerprint density at radius 3 is 2.55 bits per heavy atom. The van der Waals surface area contributed by atoms with Crippen molar-refractivity contribution in [2.24, 2.45) is 0 Å². The van der Waals surface area contributed by atoms with E-state index in [1.165, 1.54) is 0 Å². The lowest BCUT2D eigenvalue weighted by molar-refractivity contribution is -0.192. The number of hydrogen-bond acceptors (Lipinski definition) is 8. The number of halogens is 3. The zero-order chi connectivity index (χ0) is 22.4. The Kier molecular flexibility index (Phi) is 6.91. The van der Waals surface area contributed by atoms with Gasteiger partial charge in [0.15, 0.2) is 0 Å². The van der Waals surface area contributed by atoms with E-state index in [9.17, 15) is 18.0 Å². The fourth-order valence-electron chi connectivity index (χ4n) is 2.29. The van der Waals surface area contributed by atoms with Crippen LogP contribution in [0.25, 0.3) is 5.82 Å². The molecule has 4 rings (SSSR count). The van der Waals surface area contributed by atoms with E-state index in [4.69, 9.17) is 9.90 Å². The zero-order valence-corrected chi connectivity index (χ0v) is 16.5. The summed E-state index contributed by atoms with van der Waals surface area (Å²) in [6.07, 6.45) is 1.61. The van der Waals surface area contributed by atoms with E-state index < -0.39 is 12.1 Å². The van der Waals surface area contributed by atoms with Crippen molar-refractivity contribution in [2.45, 2.75) is 18.6 Å². The van der Waals surface area contributed by atoms with Crippen LogP contribution in [-0.4, -0.2) is 61.0 Å². The lowest BCUT2D eigenvalue weighted by Gasteiger charge is -2.23. The molecule has 1 aliphatic rings. The van der Waals surface area contributed by atoms with Crippen LogP contribution < -0.4 is 10.6 Å². The second kappa shape index (κ2) is 9.61. The summed E-state index contributed by atoms with van der Waals surface area (Å²) in [5, 5.41) is 23.4. The molecule has 3 aromatic heterocycles. The molecule has 0 unspecified atom stereocenters. The molecule has 0 aliphatic carbocycles. The molecule has 0 radical (unpaired) electrons. The number of rotatable bonds is 5. The monoisotopic (exact) mass is 455 g/mol. The SMILES string of the molecule is O=C(NCc1nnc(C2CNC2)s1)c1ccc(-n2ccnc2)nc1.O=C(O)C(F)(F)F. The number of carboxylic acid groups (broad SMARTS) is 1. The first-order valence-electron chi connectivity index (χ1n) is 8.79. The van der Waals surface area contributed by atoms with Gasteiger partial charge in [0.05, 0.1) is 12.1 Å². The van der Waals surface area contributed by atoms with Gasteiger partial charge in [0.25, 0.3) is 5.91 Å². The molecule has 1 amide bonds. The summed E-state index contributed by atoms with van der Waals surface area (Å²) in [6, 6.07) is 3.52. The maximum Gasteiger partial charge on any atom is 0.490 e. The Morgan fingerprint density at radius 2 is 2.03 bits per heavy atom. The molecule has 1 aliphatic heterocycles. The number of amides is 1. The van der Waals surface area contributed by atoms with Crippen molar-refractivity contribution in [1.82, 2.24) is 35.4 Å². The van der Waals surface area contributed by atoms with Crippen LogP contribution in [0.3, 0.4) is 0 Å². The van der Waals surface area contributed by atoms with E-state index >= 15 is 0 Å². The number of aliphatic carboxylic acids is 1. The molecule has 14 heteroatoms. The lowest BCUT2D eigenvalue weighted by Crippen LogP contribution is -2.39. The highest BCUT2D eigenvalue weighted by Gasteiger charge is 2.38. The molecule has 3 N–H and O–H groups in total. The molecule has 1 fully saturated rings. The molecule has 0 spiro atoms. The van der Waals surface area contributed by atoms with E-state index in [0.717, 1.165) is 23.1 Å². The van der Waals surface area contributed by atoms with Gasteiger partial charge < -0.3 is 15.7 Å². The second-order valence-corrected chi connectivity index (χ2v) is 7.34. The number of carbonyl (C=O) groups excluding carboxylic acids is 1. The summed E-state index contributed by atoms with van der Waals surface area (Å²) in [4.78, 5) is 29.3. The predicted molar refractivity (Wildman–Crippen MR) is 102 cm³/mol. The average Bonchev–Trinajstić information content (AvgIpc) is 3.37. The molecule has 4 heterocycles. The van der Waals surface area contributed by atoms with Crippen LogP contribution >= 0.6 is 11.3 Å². The summed E-state index contributed by atoms with van der Waals surface area (Å²) < 4.78 is 33.5. The molecule has 3 aromatic rings. The van der Waals surface area contributed by atoms with Gasteiger partial charge in [0, 0.05) is 37.6 Å². The van der Waals surface area contributed by atoms with Gasteiger partial charge in [-0.05, 0) is 12.1 Å². The Hall–Kier alpha value is -3.39. The van der Waals surface area contributed by atoms with Crippen LogP contribution in [0.15, 0.2) is 37.1 Å². The normalized spacial score (nSPS) is 13.6. The maximum absolute atomic E-state index is 12.2. The Bertz CT molecular complexity index is 1020. The van der Waals surface area contributed by atoms with E-state index in [0.29, 0.717) is 23.8 Å². The van der Waals surface area contributed by atoms with E-state index in [-0.39, 0.29) is 5.91 Å². The molecule has 0 aromatic carbocycles.